The minimum atomic E-state index is -0.965. The molecule has 1 fully saturated rings. The predicted molar refractivity (Wildman–Crippen MR) is 65.4 cm³/mol. The first-order chi connectivity index (χ1) is 9.02. The Labute approximate surface area is 109 Å². The van der Waals surface area contributed by atoms with Gasteiger partial charge >= 0.3 is 5.97 Å². The molecule has 1 amide bonds. The number of hydrogen-bond acceptors (Lipinski definition) is 3. The second-order valence-corrected chi connectivity index (χ2v) is 4.47. The van der Waals surface area contributed by atoms with Gasteiger partial charge in [-0.25, -0.2) is 4.39 Å². The van der Waals surface area contributed by atoms with Gasteiger partial charge in [-0.15, -0.1) is 0 Å². The summed E-state index contributed by atoms with van der Waals surface area (Å²) in [6.45, 7) is 0. The van der Waals surface area contributed by atoms with Gasteiger partial charge < -0.3 is 15.2 Å². The van der Waals surface area contributed by atoms with Gasteiger partial charge in [-0.1, -0.05) is 0 Å². The zero-order valence-corrected chi connectivity index (χ0v) is 10.4. The largest absolute Gasteiger partial charge is 0.494 e. The van der Waals surface area contributed by atoms with E-state index in [2.05, 4.69) is 5.32 Å². The Bertz CT molecular complexity index is 517. The summed E-state index contributed by atoms with van der Waals surface area (Å²) in [4.78, 5) is 22.7. The van der Waals surface area contributed by atoms with E-state index in [0.29, 0.717) is 18.5 Å². The highest BCUT2D eigenvalue weighted by atomic mass is 19.1. The summed E-state index contributed by atoms with van der Waals surface area (Å²) >= 11 is 0. The molecule has 0 radical (unpaired) electrons. The van der Waals surface area contributed by atoms with Crippen molar-refractivity contribution < 1.29 is 23.8 Å². The molecule has 0 saturated heterocycles. The maximum atomic E-state index is 13.4. The molecule has 0 spiro atoms. The number of anilines is 1. The van der Waals surface area contributed by atoms with E-state index in [9.17, 15) is 14.0 Å². The van der Waals surface area contributed by atoms with Crippen molar-refractivity contribution in [1.82, 2.24) is 0 Å². The number of aliphatic carboxylic acids is 1. The number of carbonyl (C=O) groups excluding carboxylic acids is 1. The van der Waals surface area contributed by atoms with Crippen molar-refractivity contribution >= 4 is 17.6 Å². The summed E-state index contributed by atoms with van der Waals surface area (Å²) in [5.74, 6) is -3.02. The van der Waals surface area contributed by atoms with E-state index in [1.807, 2.05) is 0 Å². The Balaban J connectivity index is 2.03. The second-order valence-electron chi connectivity index (χ2n) is 4.47. The molecule has 0 aliphatic heterocycles. The SMILES string of the molecule is COc1ccc(NC(=O)C2CCC2C(=O)O)cc1F. The first kappa shape index (κ1) is 13.3. The quantitative estimate of drug-likeness (QED) is 0.873. The molecule has 1 aromatic rings. The highest BCUT2D eigenvalue weighted by Crippen LogP contribution is 2.35. The van der Waals surface area contributed by atoms with Gasteiger partial charge in [0.2, 0.25) is 5.91 Å². The number of carboxylic acids is 1. The van der Waals surface area contributed by atoms with E-state index < -0.39 is 23.6 Å². The number of hydrogen-bond donors (Lipinski definition) is 2. The molecule has 1 aliphatic rings. The highest BCUT2D eigenvalue weighted by Gasteiger charge is 2.41. The van der Waals surface area contributed by atoms with Crippen LogP contribution in [0.3, 0.4) is 0 Å². The standard InChI is InChI=1S/C13H14FNO4/c1-19-11-5-2-7(6-10(11)14)15-12(16)8-3-4-9(8)13(17)18/h2,5-6,8-9H,3-4H2,1H3,(H,15,16)(H,17,18). The molecule has 19 heavy (non-hydrogen) atoms. The van der Waals surface area contributed by atoms with Gasteiger partial charge in [-0.2, -0.15) is 0 Å². The summed E-state index contributed by atoms with van der Waals surface area (Å²) in [5.41, 5.74) is 0.291. The molecule has 1 saturated carbocycles. The first-order valence-corrected chi connectivity index (χ1v) is 5.90. The summed E-state index contributed by atoms with van der Waals surface area (Å²) in [5, 5.41) is 11.4. The molecule has 0 aromatic heterocycles. The van der Waals surface area contributed by atoms with E-state index in [1.165, 1.54) is 19.2 Å². The molecule has 2 unspecified atom stereocenters. The number of ether oxygens (including phenoxy) is 1. The van der Waals surface area contributed by atoms with Crippen LogP contribution in [0.1, 0.15) is 12.8 Å². The summed E-state index contributed by atoms with van der Waals surface area (Å²) in [6.07, 6.45) is 1.05. The summed E-state index contributed by atoms with van der Waals surface area (Å²) in [6, 6.07) is 4.06. The van der Waals surface area contributed by atoms with E-state index in [-0.39, 0.29) is 11.7 Å². The van der Waals surface area contributed by atoms with Crippen LogP contribution >= 0.6 is 0 Å². The van der Waals surface area contributed by atoms with Gasteiger partial charge in [0.15, 0.2) is 11.6 Å². The van der Waals surface area contributed by atoms with Crippen molar-refractivity contribution in [1.29, 1.82) is 0 Å². The van der Waals surface area contributed by atoms with Gasteiger partial charge in [-0.3, -0.25) is 9.59 Å². The monoisotopic (exact) mass is 267 g/mol. The predicted octanol–water partition coefficient (Wildman–Crippen LogP) is 1.88. The maximum Gasteiger partial charge on any atom is 0.307 e. The Morgan fingerprint density at radius 3 is 2.53 bits per heavy atom. The van der Waals surface area contributed by atoms with Crippen LogP contribution in [0.4, 0.5) is 10.1 Å². The highest BCUT2D eigenvalue weighted by molar-refractivity contribution is 5.96. The van der Waals surface area contributed by atoms with Crippen molar-refractivity contribution in [2.24, 2.45) is 11.8 Å². The third-order valence-corrected chi connectivity index (χ3v) is 3.35. The van der Waals surface area contributed by atoms with Gasteiger partial charge in [0.1, 0.15) is 0 Å². The van der Waals surface area contributed by atoms with Crippen molar-refractivity contribution in [2.45, 2.75) is 12.8 Å². The van der Waals surface area contributed by atoms with Crippen LogP contribution in [-0.2, 0) is 9.59 Å². The minimum absolute atomic E-state index is 0.0880. The molecule has 1 aromatic carbocycles. The zero-order valence-electron chi connectivity index (χ0n) is 10.4. The van der Waals surface area contributed by atoms with Crippen LogP contribution in [0.25, 0.3) is 0 Å². The molecular formula is C13H14FNO4. The normalized spacial score (nSPS) is 21.4. The van der Waals surface area contributed by atoms with Crippen LogP contribution in [0.5, 0.6) is 5.75 Å². The third-order valence-electron chi connectivity index (χ3n) is 3.35. The van der Waals surface area contributed by atoms with Gasteiger partial charge in [0, 0.05) is 11.8 Å². The molecule has 0 heterocycles. The van der Waals surface area contributed by atoms with Crippen LogP contribution < -0.4 is 10.1 Å². The molecule has 102 valence electrons. The lowest BCUT2D eigenvalue weighted by atomic mass is 9.73. The van der Waals surface area contributed by atoms with E-state index in [1.54, 1.807) is 0 Å². The average Bonchev–Trinajstić information content (AvgIpc) is 2.26. The van der Waals surface area contributed by atoms with Crippen molar-refractivity contribution in [3.8, 4) is 5.75 Å². The number of methoxy groups -OCH3 is 1. The van der Waals surface area contributed by atoms with E-state index >= 15 is 0 Å². The second kappa shape index (κ2) is 5.26. The molecule has 2 rings (SSSR count). The Morgan fingerprint density at radius 2 is 2.05 bits per heavy atom. The van der Waals surface area contributed by atoms with Crippen LogP contribution in [0.15, 0.2) is 18.2 Å². The number of nitrogens with one attached hydrogen (secondary N) is 1. The lowest BCUT2D eigenvalue weighted by Crippen LogP contribution is -2.41. The number of rotatable bonds is 4. The van der Waals surface area contributed by atoms with Crippen molar-refractivity contribution in [2.75, 3.05) is 12.4 Å². The molecule has 0 bridgehead atoms. The molecule has 2 N–H and O–H groups in total. The number of amides is 1. The van der Waals surface area contributed by atoms with Crippen LogP contribution in [0.2, 0.25) is 0 Å². The summed E-state index contributed by atoms with van der Waals surface area (Å²) < 4.78 is 18.2. The van der Waals surface area contributed by atoms with Crippen molar-refractivity contribution in [3.63, 3.8) is 0 Å². The van der Waals surface area contributed by atoms with Crippen molar-refractivity contribution in [3.05, 3.63) is 24.0 Å². The zero-order chi connectivity index (χ0) is 14.0. The molecule has 1 aliphatic carbocycles. The number of carboxylic acid groups (broad SMARTS) is 1. The Morgan fingerprint density at radius 1 is 1.37 bits per heavy atom. The first-order valence-electron chi connectivity index (χ1n) is 5.90. The Hall–Kier alpha value is -2.11. The average molecular weight is 267 g/mol. The van der Waals surface area contributed by atoms with Gasteiger partial charge in [0.25, 0.3) is 0 Å². The van der Waals surface area contributed by atoms with Crippen LogP contribution in [0, 0.1) is 17.7 Å². The topological polar surface area (TPSA) is 75.6 Å². The van der Waals surface area contributed by atoms with Crippen LogP contribution in [-0.4, -0.2) is 24.1 Å². The fourth-order valence-electron chi connectivity index (χ4n) is 2.09. The maximum absolute atomic E-state index is 13.4. The molecular weight excluding hydrogens is 253 g/mol. The number of benzene rings is 1. The molecule has 5 nitrogen and oxygen atoms in total. The summed E-state index contributed by atoms with van der Waals surface area (Å²) in [7, 11) is 1.35. The molecule has 2 atom stereocenters. The minimum Gasteiger partial charge on any atom is -0.494 e. The fraction of sp³-hybridized carbons (Fsp3) is 0.385. The lowest BCUT2D eigenvalue weighted by Gasteiger charge is -2.31. The number of carbonyl (C=O) groups is 2. The third kappa shape index (κ3) is 2.67. The Kier molecular flexibility index (Phi) is 3.69. The van der Waals surface area contributed by atoms with Gasteiger partial charge in [-0.05, 0) is 25.0 Å². The van der Waals surface area contributed by atoms with E-state index in [4.69, 9.17) is 9.84 Å². The van der Waals surface area contributed by atoms with Gasteiger partial charge in [0.05, 0.1) is 18.9 Å². The smallest absolute Gasteiger partial charge is 0.307 e. The lowest BCUT2D eigenvalue weighted by molar-refractivity contribution is -0.151. The van der Waals surface area contributed by atoms with E-state index in [0.717, 1.165) is 6.07 Å². The number of halogens is 1. The molecule has 6 heteroatoms. The fourth-order valence-corrected chi connectivity index (χ4v) is 2.09.